The van der Waals surface area contributed by atoms with Crippen molar-refractivity contribution >= 4 is 17.1 Å². The highest BCUT2D eigenvalue weighted by Crippen LogP contribution is 2.25. The molecule has 0 spiro atoms. The third kappa shape index (κ3) is 3.57. The number of aryl methyl sites for hydroxylation is 1. The van der Waals surface area contributed by atoms with Crippen molar-refractivity contribution < 1.29 is 9.85 Å². The monoisotopic (exact) mass is 301 g/mol. The van der Waals surface area contributed by atoms with Crippen molar-refractivity contribution in [1.29, 1.82) is 0 Å². The maximum absolute atomic E-state index is 11.0. The molecule has 0 aromatic heterocycles. The summed E-state index contributed by atoms with van der Waals surface area (Å²) < 4.78 is 0. The quantitative estimate of drug-likeness (QED) is 0.650. The van der Waals surface area contributed by atoms with Crippen LogP contribution in [0.2, 0.25) is 0 Å². The van der Waals surface area contributed by atoms with Crippen LogP contribution in [0, 0.1) is 27.2 Å². The molecule has 7 nitrogen and oxygen atoms in total. The molecule has 2 aromatic carbocycles. The highest BCUT2D eigenvalue weighted by Gasteiger charge is 2.15. The highest BCUT2D eigenvalue weighted by molar-refractivity contribution is 5.62. The molecule has 0 aliphatic rings. The first-order valence-electron chi connectivity index (χ1n) is 6.70. The van der Waals surface area contributed by atoms with Crippen LogP contribution in [0.3, 0.4) is 0 Å². The molecule has 0 amide bonds. The molecule has 0 radical (unpaired) electrons. The summed E-state index contributed by atoms with van der Waals surface area (Å²) in [6.45, 7) is 2.15. The van der Waals surface area contributed by atoms with Crippen molar-refractivity contribution in [3.05, 3.63) is 73.8 Å². The van der Waals surface area contributed by atoms with Crippen LogP contribution in [0.25, 0.3) is 0 Å². The van der Waals surface area contributed by atoms with Crippen LogP contribution < -0.4 is 5.32 Å². The summed E-state index contributed by atoms with van der Waals surface area (Å²) in [5.74, 6) is 0. The standard InChI is InChI=1S/C15H15N3O4/c1-11-6-7-13(15(10-11)18(21)22)16-9-8-12-4-2-3-5-14(12)17(19)20/h2-7,10,16H,8-9H2,1H3. The minimum Gasteiger partial charge on any atom is -0.379 e. The van der Waals surface area contributed by atoms with Crippen LogP contribution in [0.15, 0.2) is 42.5 Å². The number of nitro benzene ring substituents is 2. The van der Waals surface area contributed by atoms with Gasteiger partial charge in [0, 0.05) is 24.2 Å². The minimum atomic E-state index is -0.444. The molecule has 0 unspecified atom stereocenters. The van der Waals surface area contributed by atoms with Crippen LogP contribution in [-0.4, -0.2) is 16.4 Å². The van der Waals surface area contributed by atoms with Crippen LogP contribution in [0.1, 0.15) is 11.1 Å². The predicted octanol–water partition coefficient (Wildman–Crippen LogP) is 3.47. The van der Waals surface area contributed by atoms with Crippen LogP contribution in [0.5, 0.6) is 0 Å². The molecule has 0 fully saturated rings. The maximum atomic E-state index is 11.0. The average Bonchev–Trinajstić information content (AvgIpc) is 2.48. The number of benzene rings is 2. The summed E-state index contributed by atoms with van der Waals surface area (Å²) in [4.78, 5) is 21.1. The van der Waals surface area contributed by atoms with Gasteiger partial charge in [0.2, 0.25) is 0 Å². The van der Waals surface area contributed by atoms with Crippen LogP contribution >= 0.6 is 0 Å². The van der Waals surface area contributed by atoms with Gasteiger partial charge >= 0.3 is 0 Å². The van der Waals surface area contributed by atoms with E-state index in [9.17, 15) is 20.2 Å². The lowest BCUT2D eigenvalue weighted by Crippen LogP contribution is -2.08. The van der Waals surface area contributed by atoms with E-state index in [0.717, 1.165) is 5.56 Å². The lowest BCUT2D eigenvalue weighted by Gasteiger charge is -2.08. The Hall–Kier alpha value is -2.96. The van der Waals surface area contributed by atoms with E-state index in [-0.39, 0.29) is 11.4 Å². The number of nitro groups is 2. The molecule has 0 saturated carbocycles. The maximum Gasteiger partial charge on any atom is 0.292 e. The van der Waals surface area contributed by atoms with Crippen molar-refractivity contribution in [3.8, 4) is 0 Å². The predicted molar refractivity (Wildman–Crippen MR) is 83.1 cm³/mol. The summed E-state index contributed by atoms with van der Waals surface area (Å²) in [7, 11) is 0. The fraction of sp³-hybridized carbons (Fsp3) is 0.200. The van der Waals surface area contributed by atoms with E-state index < -0.39 is 9.85 Å². The van der Waals surface area contributed by atoms with Crippen molar-refractivity contribution in [2.24, 2.45) is 0 Å². The molecule has 1 N–H and O–H groups in total. The Morgan fingerprint density at radius 3 is 2.36 bits per heavy atom. The molecule has 114 valence electrons. The fourth-order valence-corrected chi connectivity index (χ4v) is 2.17. The Kier molecular flexibility index (Phi) is 4.67. The van der Waals surface area contributed by atoms with Gasteiger partial charge in [0.25, 0.3) is 11.4 Å². The topological polar surface area (TPSA) is 98.3 Å². The van der Waals surface area contributed by atoms with Gasteiger partial charge in [0.1, 0.15) is 5.69 Å². The molecule has 0 aliphatic heterocycles. The molecule has 0 saturated heterocycles. The van der Waals surface area contributed by atoms with E-state index in [1.807, 2.05) is 0 Å². The largest absolute Gasteiger partial charge is 0.379 e. The Balaban J connectivity index is 2.09. The SMILES string of the molecule is Cc1ccc(NCCc2ccccc2[N+](=O)[O-])c([N+](=O)[O-])c1. The average molecular weight is 301 g/mol. The second-order valence-corrected chi connectivity index (χ2v) is 4.84. The molecule has 2 aromatic rings. The summed E-state index contributed by atoms with van der Waals surface area (Å²) >= 11 is 0. The van der Waals surface area contributed by atoms with Gasteiger partial charge in [-0.2, -0.15) is 0 Å². The Labute approximate surface area is 126 Å². The first-order valence-corrected chi connectivity index (χ1v) is 6.70. The van der Waals surface area contributed by atoms with E-state index in [0.29, 0.717) is 24.2 Å². The third-order valence-electron chi connectivity index (χ3n) is 3.25. The van der Waals surface area contributed by atoms with Crippen LogP contribution in [0.4, 0.5) is 17.1 Å². The second kappa shape index (κ2) is 6.66. The first-order chi connectivity index (χ1) is 10.5. The van der Waals surface area contributed by atoms with Crippen molar-refractivity contribution in [3.63, 3.8) is 0 Å². The molecule has 0 atom stereocenters. The summed E-state index contributed by atoms with van der Waals surface area (Å²) in [6.07, 6.45) is 0.405. The molecular weight excluding hydrogens is 286 g/mol. The van der Waals surface area contributed by atoms with Crippen molar-refractivity contribution in [1.82, 2.24) is 0 Å². The van der Waals surface area contributed by atoms with Crippen LogP contribution in [-0.2, 0) is 6.42 Å². The van der Waals surface area contributed by atoms with Gasteiger partial charge in [-0.25, -0.2) is 0 Å². The molecule has 22 heavy (non-hydrogen) atoms. The summed E-state index contributed by atoms with van der Waals surface area (Å²) in [6, 6.07) is 11.4. The van der Waals surface area contributed by atoms with E-state index >= 15 is 0 Å². The molecular formula is C15H15N3O4. The number of anilines is 1. The molecule has 0 aliphatic carbocycles. The Bertz CT molecular complexity index is 716. The normalized spacial score (nSPS) is 10.2. The zero-order valence-electron chi connectivity index (χ0n) is 12.0. The van der Waals surface area contributed by atoms with Gasteiger partial charge in [0.15, 0.2) is 0 Å². The van der Waals surface area contributed by atoms with E-state index in [4.69, 9.17) is 0 Å². The van der Waals surface area contributed by atoms with E-state index in [2.05, 4.69) is 5.32 Å². The second-order valence-electron chi connectivity index (χ2n) is 4.84. The fourth-order valence-electron chi connectivity index (χ4n) is 2.17. The molecule has 2 rings (SSSR count). The smallest absolute Gasteiger partial charge is 0.292 e. The van der Waals surface area contributed by atoms with Gasteiger partial charge in [-0.1, -0.05) is 24.3 Å². The number of para-hydroxylation sites is 1. The summed E-state index contributed by atoms with van der Waals surface area (Å²) in [5, 5.41) is 24.9. The lowest BCUT2D eigenvalue weighted by atomic mass is 10.1. The Morgan fingerprint density at radius 1 is 1.00 bits per heavy atom. The zero-order chi connectivity index (χ0) is 16.1. The third-order valence-corrected chi connectivity index (χ3v) is 3.25. The van der Waals surface area contributed by atoms with Gasteiger partial charge in [-0.3, -0.25) is 20.2 Å². The van der Waals surface area contributed by atoms with Gasteiger partial charge in [0.05, 0.1) is 9.85 Å². The number of hydrogen-bond acceptors (Lipinski definition) is 5. The number of rotatable bonds is 6. The van der Waals surface area contributed by atoms with Gasteiger partial charge in [-0.05, 0) is 25.0 Å². The van der Waals surface area contributed by atoms with Crippen molar-refractivity contribution in [2.45, 2.75) is 13.3 Å². The van der Waals surface area contributed by atoms with Crippen molar-refractivity contribution in [2.75, 3.05) is 11.9 Å². The summed E-state index contributed by atoms with van der Waals surface area (Å²) in [5.41, 5.74) is 1.87. The van der Waals surface area contributed by atoms with Gasteiger partial charge in [-0.15, -0.1) is 0 Å². The number of nitrogens with one attached hydrogen (secondary N) is 1. The number of nitrogens with zero attached hydrogens (tertiary/aromatic N) is 2. The zero-order valence-corrected chi connectivity index (χ0v) is 12.0. The number of hydrogen-bond donors (Lipinski definition) is 1. The van der Waals surface area contributed by atoms with E-state index in [1.54, 1.807) is 37.3 Å². The lowest BCUT2D eigenvalue weighted by molar-refractivity contribution is -0.385. The Morgan fingerprint density at radius 2 is 1.68 bits per heavy atom. The highest BCUT2D eigenvalue weighted by atomic mass is 16.6. The van der Waals surface area contributed by atoms with Gasteiger partial charge < -0.3 is 5.32 Å². The molecule has 7 heteroatoms. The minimum absolute atomic E-state index is 0.00237. The first kappa shape index (κ1) is 15.4. The van der Waals surface area contributed by atoms with E-state index in [1.165, 1.54) is 12.1 Å². The molecule has 0 heterocycles. The molecule has 0 bridgehead atoms.